The lowest BCUT2D eigenvalue weighted by atomic mass is 9.94. The maximum absolute atomic E-state index is 9.13. The van der Waals surface area contributed by atoms with Gasteiger partial charge < -0.3 is 5.11 Å². The molecule has 1 fully saturated rings. The van der Waals surface area contributed by atoms with Crippen molar-refractivity contribution in [2.24, 2.45) is 0 Å². The molecule has 1 aliphatic heterocycles. The second-order valence-electron chi connectivity index (χ2n) is 6.18. The van der Waals surface area contributed by atoms with E-state index in [0.29, 0.717) is 12.5 Å². The summed E-state index contributed by atoms with van der Waals surface area (Å²) in [6, 6.07) is 2.09. The zero-order valence-electron chi connectivity index (χ0n) is 13.4. The first-order chi connectivity index (χ1) is 10.7. The standard InChI is InChI=1S/C16H25N5O/c1-12-15(13(2)21(19-12)8-9-22)11-20-7-3-4-14(10-20)16-5-6-17-18-16/h5-6,14,22H,3-4,7-11H2,1-2H3,(H,17,18). The zero-order valence-corrected chi connectivity index (χ0v) is 13.4. The van der Waals surface area contributed by atoms with E-state index in [1.807, 2.05) is 10.9 Å². The van der Waals surface area contributed by atoms with E-state index in [4.69, 9.17) is 5.11 Å². The normalized spacial score (nSPS) is 19.7. The van der Waals surface area contributed by atoms with Crippen LogP contribution in [0.25, 0.3) is 0 Å². The molecule has 1 unspecified atom stereocenters. The highest BCUT2D eigenvalue weighted by atomic mass is 16.3. The molecule has 2 aromatic rings. The molecule has 6 nitrogen and oxygen atoms in total. The smallest absolute Gasteiger partial charge is 0.0644 e. The first-order valence-electron chi connectivity index (χ1n) is 8.04. The van der Waals surface area contributed by atoms with Crippen LogP contribution in [0.15, 0.2) is 12.3 Å². The van der Waals surface area contributed by atoms with Gasteiger partial charge in [0.2, 0.25) is 0 Å². The lowest BCUT2D eigenvalue weighted by Gasteiger charge is -2.32. The predicted octanol–water partition coefficient (Wildman–Crippen LogP) is 1.59. The van der Waals surface area contributed by atoms with Crippen LogP contribution in [0, 0.1) is 13.8 Å². The third-order valence-electron chi connectivity index (χ3n) is 4.69. The second-order valence-corrected chi connectivity index (χ2v) is 6.18. The molecule has 1 saturated heterocycles. The Bertz CT molecular complexity index is 604. The van der Waals surface area contributed by atoms with Crippen LogP contribution in [-0.4, -0.2) is 49.7 Å². The Morgan fingerprint density at radius 1 is 1.41 bits per heavy atom. The van der Waals surface area contributed by atoms with Gasteiger partial charge in [-0.15, -0.1) is 0 Å². The molecule has 0 bridgehead atoms. The number of piperidine rings is 1. The number of aliphatic hydroxyl groups is 1. The molecule has 1 aliphatic rings. The highest BCUT2D eigenvalue weighted by Gasteiger charge is 2.24. The average Bonchev–Trinajstić information content (AvgIpc) is 3.13. The summed E-state index contributed by atoms with van der Waals surface area (Å²) in [5.74, 6) is 0.546. The number of aliphatic hydroxyl groups excluding tert-OH is 1. The van der Waals surface area contributed by atoms with Crippen molar-refractivity contribution in [2.45, 2.75) is 45.7 Å². The van der Waals surface area contributed by atoms with Gasteiger partial charge in [-0.25, -0.2) is 0 Å². The average molecular weight is 303 g/mol. The van der Waals surface area contributed by atoms with E-state index in [1.54, 1.807) is 0 Å². The van der Waals surface area contributed by atoms with E-state index in [0.717, 1.165) is 25.3 Å². The minimum atomic E-state index is 0.132. The summed E-state index contributed by atoms with van der Waals surface area (Å²) < 4.78 is 1.92. The molecule has 0 radical (unpaired) electrons. The van der Waals surface area contributed by atoms with Crippen molar-refractivity contribution >= 4 is 0 Å². The summed E-state index contributed by atoms with van der Waals surface area (Å²) in [5, 5.41) is 20.9. The van der Waals surface area contributed by atoms with Crippen LogP contribution in [0.4, 0.5) is 0 Å². The van der Waals surface area contributed by atoms with Gasteiger partial charge in [0.1, 0.15) is 0 Å². The van der Waals surface area contributed by atoms with Crippen molar-refractivity contribution in [2.75, 3.05) is 19.7 Å². The third-order valence-corrected chi connectivity index (χ3v) is 4.69. The Kier molecular flexibility index (Phi) is 4.59. The highest BCUT2D eigenvalue weighted by Crippen LogP contribution is 2.27. The molecule has 1 atom stereocenters. The van der Waals surface area contributed by atoms with Crippen LogP contribution in [0.1, 0.15) is 41.4 Å². The van der Waals surface area contributed by atoms with E-state index < -0.39 is 0 Å². The van der Waals surface area contributed by atoms with Crippen LogP contribution >= 0.6 is 0 Å². The van der Waals surface area contributed by atoms with Crippen molar-refractivity contribution in [3.8, 4) is 0 Å². The highest BCUT2D eigenvalue weighted by molar-refractivity contribution is 5.24. The number of aromatic amines is 1. The minimum absolute atomic E-state index is 0.132. The van der Waals surface area contributed by atoms with Crippen molar-refractivity contribution in [1.29, 1.82) is 0 Å². The van der Waals surface area contributed by atoms with E-state index in [1.165, 1.54) is 29.8 Å². The fraction of sp³-hybridized carbons (Fsp3) is 0.625. The Labute approximate surface area is 131 Å². The zero-order chi connectivity index (χ0) is 15.5. The number of rotatable bonds is 5. The van der Waals surface area contributed by atoms with Gasteiger partial charge in [-0.1, -0.05) is 0 Å². The predicted molar refractivity (Wildman–Crippen MR) is 84.6 cm³/mol. The fourth-order valence-electron chi connectivity index (χ4n) is 3.45. The Morgan fingerprint density at radius 2 is 2.27 bits per heavy atom. The van der Waals surface area contributed by atoms with Crippen LogP contribution in [0.3, 0.4) is 0 Å². The monoisotopic (exact) mass is 303 g/mol. The topological polar surface area (TPSA) is 70.0 Å². The molecular weight excluding hydrogens is 278 g/mol. The molecule has 0 saturated carbocycles. The van der Waals surface area contributed by atoms with E-state index >= 15 is 0 Å². The lowest BCUT2D eigenvalue weighted by molar-refractivity contribution is 0.197. The van der Waals surface area contributed by atoms with Gasteiger partial charge in [0.15, 0.2) is 0 Å². The van der Waals surface area contributed by atoms with Crippen molar-refractivity contribution in [3.63, 3.8) is 0 Å². The molecule has 22 heavy (non-hydrogen) atoms. The third kappa shape index (κ3) is 3.08. The van der Waals surface area contributed by atoms with E-state index in [9.17, 15) is 0 Å². The molecule has 0 spiro atoms. The van der Waals surface area contributed by atoms with Crippen molar-refractivity contribution in [1.82, 2.24) is 24.9 Å². The quantitative estimate of drug-likeness (QED) is 0.880. The van der Waals surface area contributed by atoms with E-state index in [2.05, 4.69) is 40.1 Å². The van der Waals surface area contributed by atoms with Gasteiger partial charge in [0, 0.05) is 42.2 Å². The molecule has 120 valence electrons. The number of hydrogen-bond donors (Lipinski definition) is 2. The molecule has 2 aromatic heterocycles. The molecule has 0 amide bonds. The Morgan fingerprint density at radius 3 is 3.00 bits per heavy atom. The van der Waals surface area contributed by atoms with Crippen LogP contribution < -0.4 is 0 Å². The van der Waals surface area contributed by atoms with Crippen LogP contribution in [0.5, 0.6) is 0 Å². The molecule has 3 rings (SSSR count). The van der Waals surface area contributed by atoms with Crippen molar-refractivity contribution < 1.29 is 5.11 Å². The molecule has 2 N–H and O–H groups in total. The number of likely N-dealkylation sites (tertiary alicyclic amines) is 1. The summed E-state index contributed by atoms with van der Waals surface area (Å²) in [7, 11) is 0. The molecule has 6 heteroatoms. The summed E-state index contributed by atoms with van der Waals surface area (Å²) >= 11 is 0. The number of aromatic nitrogens is 4. The SMILES string of the molecule is Cc1nn(CCO)c(C)c1CN1CCCC(c2ccn[nH]2)C1. The lowest BCUT2D eigenvalue weighted by Crippen LogP contribution is -2.34. The van der Waals surface area contributed by atoms with Gasteiger partial charge in [0.05, 0.1) is 18.8 Å². The Hall–Kier alpha value is -1.66. The van der Waals surface area contributed by atoms with Gasteiger partial charge in [-0.2, -0.15) is 10.2 Å². The minimum Gasteiger partial charge on any atom is -0.394 e. The second kappa shape index (κ2) is 6.62. The first kappa shape index (κ1) is 15.2. The van der Waals surface area contributed by atoms with Gasteiger partial charge in [-0.3, -0.25) is 14.7 Å². The van der Waals surface area contributed by atoms with Gasteiger partial charge >= 0.3 is 0 Å². The summed E-state index contributed by atoms with van der Waals surface area (Å²) in [6.07, 6.45) is 4.27. The molecule has 0 aliphatic carbocycles. The Balaban J connectivity index is 1.70. The molecular formula is C16H25N5O. The van der Waals surface area contributed by atoms with Crippen LogP contribution in [-0.2, 0) is 13.1 Å². The number of nitrogens with zero attached hydrogens (tertiary/aromatic N) is 4. The van der Waals surface area contributed by atoms with Gasteiger partial charge in [0.25, 0.3) is 0 Å². The summed E-state index contributed by atoms with van der Waals surface area (Å²) in [4.78, 5) is 2.51. The number of aryl methyl sites for hydroxylation is 1. The van der Waals surface area contributed by atoms with Crippen molar-refractivity contribution in [3.05, 3.63) is 34.9 Å². The number of hydrogen-bond acceptors (Lipinski definition) is 4. The number of H-pyrrole nitrogens is 1. The van der Waals surface area contributed by atoms with Gasteiger partial charge in [-0.05, 0) is 39.3 Å². The molecule has 0 aromatic carbocycles. The van der Waals surface area contributed by atoms with Crippen LogP contribution in [0.2, 0.25) is 0 Å². The first-order valence-corrected chi connectivity index (χ1v) is 8.04. The largest absolute Gasteiger partial charge is 0.394 e. The maximum Gasteiger partial charge on any atom is 0.0644 e. The fourth-order valence-corrected chi connectivity index (χ4v) is 3.45. The summed E-state index contributed by atoms with van der Waals surface area (Å²) in [6.45, 7) is 8.00. The number of nitrogens with one attached hydrogen (secondary N) is 1. The molecule has 3 heterocycles. The maximum atomic E-state index is 9.13. The van der Waals surface area contributed by atoms with E-state index in [-0.39, 0.29) is 6.61 Å². The summed E-state index contributed by atoms with van der Waals surface area (Å²) in [5.41, 5.74) is 4.80.